The minimum absolute atomic E-state index is 0.188. The van der Waals surface area contributed by atoms with Gasteiger partial charge < -0.3 is 10.8 Å². The second kappa shape index (κ2) is 4.77. The van der Waals surface area contributed by atoms with Gasteiger partial charge in [-0.15, -0.1) is 0 Å². The highest BCUT2D eigenvalue weighted by molar-refractivity contribution is 5.35. The molecule has 2 nitrogen and oxygen atoms in total. The second-order valence-electron chi connectivity index (χ2n) is 4.45. The molecule has 1 aromatic rings. The first-order valence-corrected chi connectivity index (χ1v) is 5.75. The first-order chi connectivity index (χ1) is 7.33. The van der Waals surface area contributed by atoms with E-state index in [0.29, 0.717) is 6.54 Å². The number of rotatable bonds is 4. The fraction of sp³-hybridized carbons (Fsp3) is 0.538. The molecule has 1 unspecified atom stereocenters. The van der Waals surface area contributed by atoms with Crippen LogP contribution in [0.25, 0.3) is 0 Å². The predicted molar refractivity (Wildman–Crippen MR) is 61.8 cm³/mol. The summed E-state index contributed by atoms with van der Waals surface area (Å²) in [7, 11) is 0. The molecule has 0 aromatic heterocycles. The van der Waals surface area contributed by atoms with Crippen LogP contribution in [0.15, 0.2) is 18.2 Å². The number of fused-ring (bicyclic) bond motifs is 1. The van der Waals surface area contributed by atoms with E-state index in [1.54, 1.807) is 0 Å². The number of hydrogen-bond donors (Lipinski definition) is 2. The van der Waals surface area contributed by atoms with Crippen molar-refractivity contribution in [3.63, 3.8) is 0 Å². The van der Waals surface area contributed by atoms with Crippen LogP contribution >= 0.6 is 0 Å². The maximum Gasteiger partial charge on any atom is 0.0474 e. The Morgan fingerprint density at radius 2 is 2.07 bits per heavy atom. The van der Waals surface area contributed by atoms with Crippen LogP contribution in [-0.4, -0.2) is 18.3 Å². The van der Waals surface area contributed by atoms with E-state index in [4.69, 9.17) is 10.8 Å². The Kier molecular flexibility index (Phi) is 3.39. The van der Waals surface area contributed by atoms with Crippen molar-refractivity contribution in [2.75, 3.05) is 13.2 Å². The van der Waals surface area contributed by atoms with E-state index >= 15 is 0 Å². The summed E-state index contributed by atoms with van der Waals surface area (Å²) in [4.78, 5) is 0. The van der Waals surface area contributed by atoms with Crippen molar-refractivity contribution < 1.29 is 5.11 Å². The molecule has 1 aliphatic rings. The standard InChI is InChI=1S/C13H19NO/c14-8-11(9-15)6-10-4-5-12-2-1-3-13(12)7-10/h4-5,7,11,15H,1-3,6,8-9,14H2. The molecule has 0 amide bonds. The molecule has 0 fully saturated rings. The van der Waals surface area contributed by atoms with E-state index < -0.39 is 0 Å². The molecule has 0 heterocycles. The first kappa shape index (κ1) is 10.7. The van der Waals surface area contributed by atoms with Crippen LogP contribution in [0.1, 0.15) is 23.1 Å². The Morgan fingerprint density at radius 3 is 2.80 bits per heavy atom. The zero-order valence-electron chi connectivity index (χ0n) is 9.08. The van der Waals surface area contributed by atoms with Gasteiger partial charge in [0.15, 0.2) is 0 Å². The molecule has 0 spiro atoms. The minimum atomic E-state index is 0.188. The molecule has 3 N–H and O–H groups in total. The van der Waals surface area contributed by atoms with Crippen LogP contribution in [-0.2, 0) is 19.3 Å². The van der Waals surface area contributed by atoms with Gasteiger partial charge in [0.05, 0.1) is 0 Å². The molecule has 0 radical (unpaired) electrons. The first-order valence-electron chi connectivity index (χ1n) is 5.75. The van der Waals surface area contributed by atoms with Gasteiger partial charge in [0.2, 0.25) is 0 Å². The Bertz CT molecular complexity index is 331. The summed E-state index contributed by atoms with van der Waals surface area (Å²) in [6, 6.07) is 6.71. The molecule has 2 heteroatoms. The predicted octanol–water partition coefficient (Wildman–Crippen LogP) is 1.29. The van der Waals surface area contributed by atoms with Crippen LogP contribution in [0.3, 0.4) is 0 Å². The summed E-state index contributed by atoms with van der Waals surface area (Å²) < 4.78 is 0. The van der Waals surface area contributed by atoms with E-state index in [1.807, 2.05) is 0 Å². The number of hydrogen-bond acceptors (Lipinski definition) is 2. The van der Waals surface area contributed by atoms with Crippen molar-refractivity contribution in [3.8, 4) is 0 Å². The Morgan fingerprint density at radius 1 is 1.27 bits per heavy atom. The third-order valence-corrected chi connectivity index (χ3v) is 3.28. The van der Waals surface area contributed by atoms with Gasteiger partial charge in [-0.1, -0.05) is 18.2 Å². The summed E-state index contributed by atoms with van der Waals surface area (Å²) in [5, 5.41) is 9.10. The molecule has 2 rings (SSSR count). The van der Waals surface area contributed by atoms with Gasteiger partial charge in [-0.05, 0) is 54.8 Å². The van der Waals surface area contributed by atoms with Crippen LogP contribution < -0.4 is 5.73 Å². The summed E-state index contributed by atoms with van der Waals surface area (Å²) in [6.07, 6.45) is 4.64. The maximum absolute atomic E-state index is 9.10. The number of benzene rings is 1. The van der Waals surface area contributed by atoms with Crippen molar-refractivity contribution in [1.29, 1.82) is 0 Å². The average molecular weight is 205 g/mol. The van der Waals surface area contributed by atoms with Crippen LogP contribution in [0.5, 0.6) is 0 Å². The van der Waals surface area contributed by atoms with Gasteiger partial charge in [-0.25, -0.2) is 0 Å². The van der Waals surface area contributed by atoms with Crippen molar-refractivity contribution in [2.24, 2.45) is 11.7 Å². The summed E-state index contributed by atoms with van der Waals surface area (Å²) in [5.41, 5.74) is 9.91. The summed E-state index contributed by atoms with van der Waals surface area (Å²) >= 11 is 0. The summed E-state index contributed by atoms with van der Waals surface area (Å²) in [6.45, 7) is 0.751. The van der Waals surface area contributed by atoms with Crippen LogP contribution in [0, 0.1) is 5.92 Å². The highest BCUT2D eigenvalue weighted by Gasteiger charge is 2.12. The summed E-state index contributed by atoms with van der Waals surface area (Å²) in [5.74, 6) is 0.212. The van der Waals surface area contributed by atoms with E-state index in [-0.39, 0.29) is 12.5 Å². The van der Waals surface area contributed by atoms with E-state index in [9.17, 15) is 0 Å². The van der Waals surface area contributed by atoms with Gasteiger partial charge >= 0.3 is 0 Å². The zero-order valence-corrected chi connectivity index (χ0v) is 9.08. The molecule has 82 valence electrons. The molecule has 0 aliphatic heterocycles. The van der Waals surface area contributed by atoms with Crippen molar-refractivity contribution in [3.05, 3.63) is 34.9 Å². The quantitative estimate of drug-likeness (QED) is 0.778. The molecule has 1 aliphatic carbocycles. The van der Waals surface area contributed by atoms with Gasteiger partial charge in [0.25, 0.3) is 0 Å². The van der Waals surface area contributed by atoms with Crippen molar-refractivity contribution in [1.82, 2.24) is 0 Å². The molecule has 0 bridgehead atoms. The monoisotopic (exact) mass is 205 g/mol. The fourth-order valence-electron chi connectivity index (χ4n) is 2.31. The van der Waals surface area contributed by atoms with Gasteiger partial charge in [-0.2, -0.15) is 0 Å². The molecule has 15 heavy (non-hydrogen) atoms. The number of aliphatic hydroxyl groups excluding tert-OH is 1. The normalized spacial score (nSPS) is 16.4. The lowest BCUT2D eigenvalue weighted by Crippen LogP contribution is -2.20. The van der Waals surface area contributed by atoms with Crippen LogP contribution in [0.2, 0.25) is 0 Å². The van der Waals surface area contributed by atoms with Crippen molar-refractivity contribution >= 4 is 0 Å². The molecule has 1 atom stereocenters. The molecular formula is C13H19NO. The number of aliphatic hydroxyl groups is 1. The largest absolute Gasteiger partial charge is 0.396 e. The smallest absolute Gasteiger partial charge is 0.0474 e. The highest BCUT2D eigenvalue weighted by Crippen LogP contribution is 2.23. The molecule has 0 saturated heterocycles. The minimum Gasteiger partial charge on any atom is -0.396 e. The molecule has 0 saturated carbocycles. The van der Waals surface area contributed by atoms with Gasteiger partial charge in [0.1, 0.15) is 0 Å². The lowest BCUT2D eigenvalue weighted by Gasteiger charge is -2.12. The van der Waals surface area contributed by atoms with Crippen LogP contribution in [0.4, 0.5) is 0 Å². The molecule has 1 aromatic carbocycles. The van der Waals surface area contributed by atoms with Gasteiger partial charge in [-0.3, -0.25) is 0 Å². The number of aryl methyl sites for hydroxylation is 2. The lowest BCUT2D eigenvalue weighted by atomic mass is 9.97. The van der Waals surface area contributed by atoms with E-state index in [2.05, 4.69) is 18.2 Å². The SMILES string of the molecule is NCC(CO)Cc1ccc2c(c1)CCC2. The third kappa shape index (κ3) is 2.39. The topological polar surface area (TPSA) is 46.2 Å². The average Bonchev–Trinajstić information content (AvgIpc) is 2.73. The Balaban J connectivity index is 2.09. The lowest BCUT2D eigenvalue weighted by molar-refractivity contribution is 0.230. The van der Waals surface area contributed by atoms with E-state index in [0.717, 1.165) is 6.42 Å². The second-order valence-corrected chi connectivity index (χ2v) is 4.45. The number of nitrogens with two attached hydrogens (primary N) is 1. The fourth-order valence-corrected chi connectivity index (χ4v) is 2.31. The highest BCUT2D eigenvalue weighted by atomic mass is 16.3. The Labute approximate surface area is 91.1 Å². The molecular weight excluding hydrogens is 186 g/mol. The zero-order chi connectivity index (χ0) is 10.7. The van der Waals surface area contributed by atoms with Gasteiger partial charge in [0, 0.05) is 6.61 Å². The van der Waals surface area contributed by atoms with Crippen molar-refractivity contribution in [2.45, 2.75) is 25.7 Å². The third-order valence-electron chi connectivity index (χ3n) is 3.28. The Hall–Kier alpha value is -0.860. The maximum atomic E-state index is 9.10. The van der Waals surface area contributed by atoms with E-state index in [1.165, 1.54) is 36.0 Å².